The number of phenols is 1. The summed E-state index contributed by atoms with van der Waals surface area (Å²) in [7, 11) is 0. The van der Waals surface area contributed by atoms with Crippen LogP contribution in [0.1, 0.15) is 0 Å². The fraction of sp³-hybridized carbons (Fsp3) is 0. The molecule has 0 radical (unpaired) electrons. The van der Waals surface area contributed by atoms with Gasteiger partial charge in [-0.3, -0.25) is 4.70 Å². The Bertz CT molecular complexity index is 512. The van der Waals surface area contributed by atoms with Gasteiger partial charge in [-0.05, 0) is 30.3 Å². The predicted octanol–water partition coefficient (Wildman–Crippen LogP) is 5.30. The molecule has 0 amide bonds. The maximum absolute atomic E-state index is 9.62. The van der Waals surface area contributed by atoms with E-state index in [-0.39, 0.29) is 16.2 Å². The van der Waals surface area contributed by atoms with Gasteiger partial charge in [-0.2, -0.15) is 0 Å². The maximum Gasteiger partial charge on any atom is 0.169 e. The van der Waals surface area contributed by atoms with Crippen LogP contribution < -0.4 is 4.74 Å². The molecule has 0 bridgehead atoms. The Morgan fingerprint density at radius 2 is 1.39 bits per heavy atom. The first-order valence-electron chi connectivity index (χ1n) is 4.67. The normalized spacial score (nSPS) is 9.72. The van der Waals surface area contributed by atoms with E-state index >= 15 is 0 Å². The van der Waals surface area contributed by atoms with Crippen molar-refractivity contribution in [3.05, 3.63) is 51.5 Å². The number of rotatable bonds is 2. The zero-order valence-corrected chi connectivity index (χ0v) is 11.1. The van der Waals surface area contributed by atoms with Gasteiger partial charge in [0.15, 0.2) is 11.5 Å². The molecule has 0 fully saturated rings. The van der Waals surface area contributed by atoms with E-state index in [1.54, 1.807) is 30.3 Å². The predicted molar refractivity (Wildman–Crippen MR) is 72.2 cm³/mol. The molecule has 0 heterocycles. The summed E-state index contributed by atoms with van der Waals surface area (Å²) in [5.74, 6) is 0.635. The molecule has 0 aliphatic heterocycles. The Labute approximate surface area is 118 Å². The first kappa shape index (κ1) is 14.9. The summed E-state index contributed by atoms with van der Waals surface area (Å²) in [4.78, 5) is 0. The van der Waals surface area contributed by atoms with Crippen LogP contribution in [0.4, 0.5) is 4.70 Å². The van der Waals surface area contributed by atoms with E-state index in [9.17, 15) is 5.11 Å². The fourth-order valence-electron chi connectivity index (χ4n) is 1.25. The second-order valence-electron chi connectivity index (χ2n) is 3.29. The smallest absolute Gasteiger partial charge is 0.169 e. The lowest BCUT2D eigenvalue weighted by molar-refractivity contribution is 0.411. The van der Waals surface area contributed by atoms with E-state index in [4.69, 9.17) is 39.5 Å². The molecule has 18 heavy (non-hydrogen) atoms. The third kappa shape index (κ3) is 3.42. The van der Waals surface area contributed by atoms with Crippen molar-refractivity contribution in [2.24, 2.45) is 0 Å². The summed E-state index contributed by atoms with van der Waals surface area (Å²) >= 11 is 17.4. The van der Waals surface area contributed by atoms with Gasteiger partial charge < -0.3 is 9.84 Å². The van der Waals surface area contributed by atoms with Crippen LogP contribution in [0.3, 0.4) is 0 Å². The largest absolute Gasteiger partial charge is 0.504 e. The van der Waals surface area contributed by atoms with E-state index in [2.05, 4.69) is 0 Å². The lowest BCUT2D eigenvalue weighted by Crippen LogP contribution is -1.86. The minimum Gasteiger partial charge on any atom is -0.504 e. The Hall–Kier alpha value is -1.16. The van der Waals surface area contributed by atoms with Crippen LogP contribution >= 0.6 is 34.8 Å². The summed E-state index contributed by atoms with van der Waals surface area (Å²) in [6, 6.07) is 9.39. The van der Waals surface area contributed by atoms with Crippen molar-refractivity contribution >= 4 is 34.8 Å². The average Bonchev–Trinajstić information content (AvgIpc) is 2.25. The summed E-state index contributed by atoms with van der Waals surface area (Å²) in [5.41, 5.74) is 0. The first-order valence-corrected chi connectivity index (χ1v) is 5.81. The Morgan fingerprint density at radius 3 is 1.94 bits per heavy atom. The van der Waals surface area contributed by atoms with E-state index in [0.29, 0.717) is 20.8 Å². The molecule has 6 heteroatoms. The van der Waals surface area contributed by atoms with Crippen LogP contribution in [0.5, 0.6) is 17.2 Å². The highest BCUT2D eigenvalue weighted by Crippen LogP contribution is 2.36. The van der Waals surface area contributed by atoms with Crippen molar-refractivity contribution in [1.29, 1.82) is 0 Å². The molecular formula is C12H8Cl3FO2. The lowest BCUT2D eigenvalue weighted by atomic mass is 10.3. The van der Waals surface area contributed by atoms with Crippen LogP contribution in [-0.2, 0) is 0 Å². The molecule has 0 saturated heterocycles. The highest BCUT2D eigenvalue weighted by atomic mass is 35.5. The van der Waals surface area contributed by atoms with Gasteiger partial charge in [0, 0.05) is 16.1 Å². The number of hydrogen-bond acceptors (Lipinski definition) is 2. The van der Waals surface area contributed by atoms with Crippen LogP contribution in [0.15, 0.2) is 36.4 Å². The molecule has 0 atom stereocenters. The van der Waals surface area contributed by atoms with E-state index in [1.165, 1.54) is 6.07 Å². The molecule has 2 aromatic carbocycles. The standard InChI is InChI=1S/C12H7Cl3O2.FH/c13-7-1-3-11(9(15)5-7)17-12-4-2-8(14)6-10(12)16;/h1-6,16H;1H. The summed E-state index contributed by atoms with van der Waals surface area (Å²) in [6.07, 6.45) is 0. The van der Waals surface area contributed by atoms with E-state index in [1.807, 2.05) is 0 Å². The lowest BCUT2D eigenvalue weighted by Gasteiger charge is -2.09. The molecule has 96 valence electrons. The second-order valence-corrected chi connectivity index (χ2v) is 4.57. The molecule has 0 aliphatic rings. The first-order chi connectivity index (χ1) is 8.06. The summed E-state index contributed by atoms with van der Waals surface area (Å²) in [6.45, 7) is 0. The molecule has 0 spiro atoms. The molecule has 0 saturated carbocycles. The number of ether oxygens (including phenoxy) is 1. The zero-order chi connectivity index (χ0) is 12.4. The van der Waals surface area contributed by atoms with Gasteiger partial charge in [-0.25, -0.2) is 0 Å². The topological polar surface area (TPSA) is 29.5 Å². The van der Waals surface area contributed by atoms with Crippen LogP contribution in [0.2, 0.25) is 15.1 Å². The second kappa shape index (κ2) is 6.14. The minimum atomic E-state index is -0.0523. The van der Waals surface area contributed by atoms with Crippen molar-refractivity contribution in [1.82, 2.24) is 0 Å². The number of halogens is 4. The Kier molecular flexibility index (Phi) is 5.08. The molecule has 2 nitrogen and oxygen atoms in total. The Morgan fingerprint density at radius 1 is 0.833 bits per heavy atom. The molecule has 0 unspecified atom stereocenters. The van der Waals surface area contributed by atoms with Gasteiger partial charge in [-0.15, -0.1) is 0 Å². The van der Waals surface area contributed by atoms with Gasteiger partial charge in [0.2, 0.25) is 0 Å². The fourth-order valence-corrected chi connectivity index (χ4v) is 1.87. The third-order valence-electron chi connectivity index (χ3n) is 2.03. The molecule has 1 N–H and O–H groups in total. The van der Waals surface area contributed by atoms with Crippen molar-refractivity contribution in [2.75, 3.05) is 0 Å². The summed E-state index contributed by atoms with van der Waals surface area (Å²) in [5, 5.41) is 10.9. The van der Waals surface area contributed by atoms with Gasteiger partial charge in [0.05, 0.1) is 5.02 Å². The highest BCUT2D eigenvalue weighted by Gasteiger charge is 2.08. The molecule has 0 aliphatic carbocycles. The molecule has 0 aromatic heterocycles. The SMILES string of the molecule is F.Oc1cc(Cl)ccc1Oc1ccc(Cl)cc1Cl. The number of benzene rings is 2. The van der Waals surface area contributed by atoms with Crippen molar-refractivity contribution < 1.29 is 14.5 Å². The van der Waals surface area contributed by atoms with E-state index < -0.39 is 0 Å². The third-order valence-corrected chi connectivity index (χ3v) is 2.80. The molecule has 2 rings (SSSR count). The Balaban J connectivity index is 0.00000162. The van der Waals surface area contributed by atoms with Crippen molar-refractivity contribution in [2.45, 2.75) is 0 Å². The van der Waals surface area contributed by atoms with Crippen LogP contribution in [0.25, 0.3) is 0 Å². The maximum atomic E-state index is 9.62. The number of hydrogen-bond donors (Lipinski definition) is 1. The monoisotopic (exact) mass is 308 g/mol. The highest BCUT2D eigenvalue weighted by molar-refractivity contribution is 6.35. The van der Waals surface area contributed by atoms with Gasteiger partial charge >= 0.3 is 0 Å². The minimum absolute atomic E-state index is 0. The van der Waals surface area contributed by atoms with Crippen molar-refractivity contribution in [3.63, 3.8) is 0 Å². The summed E-state index contributed by atoms with van der Waals surface area (Å²) < 4.78 is 5.45. The zero-order valence-electron chi connectivity index (χ0n) is 8.86. The van der Waals surface area contributed by atoms with E-state index in [0.717, 1.165) is 0 Å². The quantitative estimate of drug-likeness (QED) is 0.816. The number of phenolic OH excluding ortho intramolecular Hbond substituents is 1. The average molecular weight is 310 g/mol. The van der Waals surface area contributed by atoms with Crippen LogP contribution in [0, 0.1) is 0 Å². The van der Waals surface area contributed by atoms with Crippen LogP contribution in [-0.4, -0.2) is 5.11 Å². The number of aromatic hydroxyl groups is 1. The molecule has 2 aromatic rings. The molecular weight excluding hydrogens is 301 g/mol. The van der Waals surface area contributed by atoms with Crippen molar-refractivity contribution in [3.8, 4) is 17.2 Å². The van der Waals surface area contributed by atoms with Gasteiger partial charge in [0.25, 0.3) is 0 Å². The van der Waals surface area contributed by atoms with Gasteiger partial charge in [-0.1, -0.05) is 34.8 Å². The van der Waals surface area contributed by atoms with Gasteiger partial charge in [0.1, 0.15) is 5.75 Å².